The minimum atomic E-state index is -3.57. The number of rotatable bonds is 14. The summed E-state index contributed by atoms with van der Waals surface area (Å²) in [5.74, 6) is 0.179. The molecule has 0 saturated heterocycles. The number of amides is 2. The van der Waals surface area contributed by atoms with Crippen LogP contribution in [0, 0.1) is 0 Å². The fourth-order valence-electron chi connectivity index (χ4n) is 3.91. The number of carbonyl (C=O) groups excluding carboxylic acids is 2. The van der Waals surface area contributed by atoms with Gasteiger partial charge in [-0.2, -0.15) is 0 Å². The molecule has 1 N–H and O–H groups in total. The normalized spacial score (nSPS) is 12.9. The molecule has 36 heavy (non-hydrogen) atoms. The lowest BCUT2D eigenvalue weighted by Gasteiger charge is -2.32. The number of anilines is 1. The molecule has 0 unspecified atom stereocenters. The van der Waals surface area contributed by atoms with E-state index in [1.54, 1.807) is 29.2 Å². The number of sulfonamides is 1. The molecule has 0 aliphatic heterocycles. The van der Waals surface area contributed by atoms with E-state index >= 15 is 0 Å². The first-order valence-corrected chi connectivity index (χ1v) is 14.2. The largest absolute Gasteiger partial charge is 0.497 e. The Morgan fingerprint density at radius 2 is 1.72 bits per heavy atom. The third-order valence-corrected chi connectivity index (χ3v) is 7.27. The minimum Gasteiger partial charge on any atom is -0.497 e. The number of methoxy groups -OCH3 is 1. The van der Waals surface area contributed by atoms with Crippen molar-refractivity contribution in [2.75, 3.05) is 24.2 Å². The Morgan fingerprint density at radius 3 is 2.31 bits per heavy atom. The van der Waals surface area contributed by atoms with Gasteiger partial charge in [0.05, 0.1) is 19.1 Å². The van der Waals surface area contributed by atoms with Crippen molar-refractivity contribution in [3.63, 3.8) is 0 Å². The molecule has 198 valence electrons. The van der Waals surface area contributed by atoms with Gasteiger partial charge in [-0.05, 0) is 43.9 Å². The second-order valence-electron chi connectivity index (χ2n) is 8.89. The number of benzene rings is 2. The fraction of sp³-hybridized carbons (Fsp3) is 0.481. The molecule has 2 aromatic rings. The summed E-state index contributed by atoms with van der Waals surface area (Å²) in [6.45, 7) is 6.26. The van der Waals surface area contributed by atoms with Crippen molar-refractivity contribution in [3.05, 3.63) is 60.2 Å². The highest BCUT2D eigenvalue weighted by Gasteiger charge is 2.29. The Morgan fingerprint density at radius 1 is 1.03 bits per heavy atom. The second-order valence-corrected chi connectivity index (χ2v) is 10.8. The van der Waals surface area contributed by atoms with E-state index in [0.717, 1.165) is 18.2 Å². The SMILES string of the molecule is CC[C@H](C(=O)N[C@@H](C)CC)N(Cc1ccccc1)C(=O)CCCN(c1cccc(OC)c1)S(C)(=O)=O. The average molecular weight is 518 g/mol. The van der Waals surface area contributed by atoms with Crippen molar-refractivity contribution in [3.8, 4) is 5.75 Å². The van der Waals surface area contributed by atoms with Gasteiger partial charge in [0.25, 0.3) is 0 Å². The molecule has 8 nitrogen and oxygen atoms in total. The summed E-state index contributed by atoms with van der Waals surface area (Å²) in [7, 11) is -2.05. The van der Waals surface area contributed by atoms with Crippen molar-refractivity contribution in [2.24, 2.45) is 0 Å². The van der Waals surface area contributed by atoms with E-state index in [1.807, 2.05) is 51.1 Å². The Balaban J connectivity index is 2.20. The Labute approximate surface area is 215 Å². The first-order valence-electron chi connectivity index (χ1n) is 12.4. The molecule has 2 atom stereocenters. The van der Waals surface area contributed by atoms with Crippen LogP contribution in [-0.4, -0.2) is 57.1 Å². The van der Waals surface area contributed by atoms with Crippen LogP contribution in [0.1, 0.15) is 52.0 Å². The molecule has 0 heterocycles. The highest BCUT2D eigenvalue weighted by molar-refractivity contribution is 7.92. The summed E-state index contributed by atoms with van der Waals surface area (Å²) < 4.78 is 31.5. The van der Waals surface area contributed by atoms with Crippen LogP contribution in [0.4, 0.5) is 5.69 Å². The molecule has 2 rings (SSSR count). The zero-order valence-electron chi connectivity index (χ0n) is 21.9. The molecule has 0 spiro atoms. The summed E-state index contributed by atoms with van der Waals surface area (Å²) in [6.07, 6.45) is 2.82. The first kappa shape index (κ1) is 29.2. The molecule has 0 saturated carbocycles. The van der Waals surface area contributed by atoms with Gasteiger partial charge >= 0.3 is 0 Å². The lowest BCUT2D eigenvalue weighted by Crippen LogP contribution is -2.50. The molecular formula is C27H39N3O5S. The van der Waals surface area contributed by atoms with Crippen LogP contribution in [0.5, 0.6) is 5.75 Å². The van der Waals surface area contributed by atoms with Gasteiger partial charge in [0.15, 0.2) is 0 Å². The summed E-state index contributed by atoms with van der Waals surface area (Å²) in [5.41, 5.74) is 1.40. The van der Waals surface area contributed by atoms with Gasteiger partial charge in [-0.1, -0.05) is 50.2 Å². The third kappa shape index (κ3) is 8.55. The summed E-state index contributed by atoms with van der Waals surface area (Å²) in [6, 6.07) is 15.7. The molecule has 2 aromatic carbocycles. The maximum Gasteiger partial charge on any atom is 0.243 e. The van der Waals surface area contributed by atoms with E-state index in [9.17, 15) is 18.0 Å². The molecule has 0 aromatic heterocycles. The van der Waals surface area contributed by atoms with E-state index in [0.29, 0.717) is 30.8 Å². The van der Waals surface area contributed by atoms with Gasteiger partial charge in [0, 0.05) is 31.6 Å². The summed E-state index contributed by atoms with van der Waals surface area (Å²) >= 11 is 0. The highest BCUT2D eigenvalue weighted by Crippen LogP contribution is 2.24. The van der Waals surface area contributed by atoms with Crippen LogP contribution in [0.25, 0.3) is 0 Å². The first-order chi connectivity index (χ1) is 17.1. The van der Waals surface area contributed by atoms with Crippen LogP contribution in [0.2, 0.25) is 0 Å². The zero-order chi connectivity index (χ0) is 26.7. The quantitative estimate of drug-likeness (QED) is 0.409. The van der Waals surface area contributed by atoms with Crippen LogP contribution in [0.15, 0.2) is 54.6 Å². The number of hydrogen-bond acceptors (Lipinski definition) is 5. The molecular weight excluding hydrogens is 478 g/mol. The van der Waals surface area contributed by atoms with Crippen LogP contribution < -0.4 is 14.4 Å². The monoisotopic (exact) mass is 517 g/mol. The van der Waals surface area contributed by atoms with Crippen LogP contribution >= 0.6 is 0 Å². The predicted octanol–water partition coefficient (Wildman–Crippen LogP) is 3.96. The number of hydrogen-bond donors (Lipinski definition) is 1. The lowest BCUT2D eigenvalue weighted by molar-refractivity contribution is -0.141. The van der Waals surface area contributed by atoms with E-state index < -0.39 is 16.1 Å². The topological polar surface area (TPSA) is 96.0 Å². The fourth-order valence-corrected chi connectivity index (χ4v) is 4.87. The van der Waals surface area contributed by atoms with Crippen molar-refractivity contribution in [1.82, 2.24) is 10.2 Å². The van der Waals surface area contributed by atoms with Crippen molar-refractivity contribution in [1.29, 1.82) is 0 Å². The molecule has 0 aliphatic carbocycles. The Bertz CT molecular complexity index is 1090. The maximum absolute atomic E-state index is 13.4. The third-order valence-electron chi connectivity index (χ3n) is 6.08. The van der Waals surface area contributed by atoms with Gasteiger partial charge in [-0.25, -0.2) is 8.42 Å². The van der Waals surface area contributed by atoms with E-state index in [1.165, 1.54) is 11.4 Å². The minimum absolute atomic E-state index is 0.00594. The van der Waals surface area contributed by atoms with Crippen molar-refractivity contribution >= 4 is 27.5 Å². The van der Waals surface area contributed by atoms with Crippen LogP contribution in [0.3, 0.4) is 0 Å². The van der Waals surface area contributed by atoms with E-state index in [4.69, 9.17) is 4.74 Å². The lowest BCUT2D eigenvalue weighted by atomic mass is 10.1. The maximum atomic E-state index is 13.4. The smallest absolute Gasteiger partial charge is 0.243 e. The number of carbonyl (C=O) groups is 2. The zero-order valence-corrected chi connectivity index (χ0v) is 22.8. The van der Waals surface area contributed by atoms with Gasteiger partial charge in [-0.3, -0.25) is 13.9 Å². The molecule has 0 bridgehead atoms. The van der Waals surface area contributed by atoms with Gasteiger partial charge in [-0.15, -0.1) is 0 Å². The molecule has 0 fully saturated rings. The van der Waals surface area contributed by atoms with E-state index in [2.05, 4.69) is 5.32 Å². The van der Waals surface area contributed by atoms with Crippen molar-refractivity contribution in [2.45, 2.75) is 65.1 Å². The van der Waals surface area contributed by atoms with E-state index in [-0.39, 0.29) is 30.8 Å². The standard InChI is InChI=1S/C27H39N3O5S/c1-6-21(3)28-27(32)25(7-2)29(20-22-13-9-8-10-14-22)26(31)17-12-18-30(36(5,33)34)23-15-11-16-24(19-23)35-4/h8-11,13-16,19,21,25H,6-7,12,17-18,20H2,1-5H3,(H,28,32)/t21-,25+/m0/s1. The Hall–Kier alpha value is -3.07. The average Bonchev–Trinajstić information content (AvgIpc) is 2.86. The van der Waals surface area contributed by atoms with Crippen LogP contribution in [-0.2, 0) is 26.2 Å². The predicted molar refractivity (Wildman–Crippen MR) is 143 cm³/mol. The molecule has 2 amide bonds. The number of ether oxygens (including phenoxy) is 1. The summed E-state index contributed by atoms with van der Waals surface area (Å²) in [4.78, 5) is 28.1. The van der Waals surface area contributed by atoms with Gasteiger partial charge in [0.1, 0.15) is 11.8 Å². The van der Waals surface area contributed by atoms with Gasteiger partial charge in [0.2, 0.25) is 21.8 Å². The number of nitrogens with zero attached hydrogens (tertiary/aromatic N) is 2. The number of nitrogens with one attached hydrogen (secondary N) is 1. The summed E-state index contributed by atoms with van der Waals surface area (Å²) in [5, 5.41) is 3.00. The van der Waals surface area contributed by atoms with Gasteiger partial charge < -0.3 is 15.0 Å². The van der Waals surface area contributed by atoms with Crippen molar-refractivity contribution < 1.29 is 22.7 Å². The second kappa shape index (κ2) is 13.9. The molecule has 0 radical (unpaired) electrons. The molecule has 0 aliphatic rings. The highest BCUT2D eigenvalue weighted by atomic mass is 32.2. The Kier molecular flexibility index (Phi) is 11.2. The molecule has 9 heteroatoms.